The number of carbonyl (C=O) groups excluding carboxylic acids is 1. The van der Waals surface area contributed by atoms with Crippen LogP contribution in [0.15, 0.2) is 36.4 Å². The number of amides is 1. The number of hydrogen-bond donors (Lipinski definition) is 1. The number of nitrogens with one attached hydrogen (secondary N) is 1. The summed E-state index contributed by atoms with van der Waals surface area (Å²) in [5.41, 5.74) is 2.48. The Labute approximate surface area is 138 Å². The molecule has 4 heteroatoms. The number of benzene rings is 1. The van der Waals surface area contributed by atoms with Crippen molar-refractivity contribution >= 4 is 5.91 Å². The highest BCUT2D eigenvalue weighted by Crippen LogP contribution is 2.18. The van der Waals surface area contributed by atoms with Gasteiger partial charge in [0.15, 0.2) is 0 Å². The molecule has 0 aromatic heterocycles. The maximum atomic E-state index is 12.1. The fraction of sp³-hybridized carbons (Fsp3) is 0.526. The summed E-state index contributed by atoms with van der Waals surface area (Å²) >= 11 is 0. The third-order valence-electron chi connectivity index (χ3n) is 4.64. The van der Waals surface area contributed by atoms with E-state index in [1.807, 2.05) is 0 Å². The molecule has 1 aliphatic heterocycles. The fourth-order valence-electron chi connectivity index (χ4n) is 3.15. The molecule has 3 rings (SSSR count). The van der Waals surface area contributed by atoms with Crippen molar-refractivity contribution in [3.05, 3.63) is 47.5 Å². The highest BCUT2D eigenvalue weighted by Gasteiger charge is 2.18. The van der Waals surface area contributed by atoms with Crippen molar-refractivity contribution < 1.29 is 9.53 Å². The Hall–Kier alpha value is -1.65. The van der Waals surface area contributed by atoms with Crippen LogP contribution in [0.4, 0.5) is 0 Å². The van der Waals surface area contributed by atoms with Crippen LogP contribution in [0, 0.1) is 5.92 Å². The number of hydrogen-bond acceptors (Lipinski definition) is 3. The van der Waals surface area contributed by atoms with E-state index in [9.17, 15) is 4.79 Å². The van der Waals surface area contributed by atoms with Gasteiger partial charge in [0.25, 0.3) is 0 Å². The normalized spacial score (nSPS) is 22.0. The molecule has 23 heavy (non-hydrogen) atoms. The topological polar surface area (TPSA) is 41.6 Å². The first-order valence-electron chi connectivity index (χ1n) is 8.62. The van der Waals surface area contributed by atoms with Gasteiger partial charge < -0.3 is 10.1 Å². The molecule has 1 unspecified atom stereocenters. The molecule has 1 N–H and O–H groups in total. The summed E-state index contributed by atoms with van der Waals surface area (Å²) in [6.45, 7) is 5.28. The highest BCUT2D eigenvalue weighted by molar-refractivity contribution is 5.78. The van der Waals surface area contributed by atoms with Crippen molar-refractivity contribution in [1.82, 2.24) is 10.2 Å². The van der Waals surface area contributed by atoms with E-state index in [4.69, 9.17) is 4.74 Å². The van der Waals surface area contributed by atoms with Crippen molar-refractivity contribution in [2.24, 2.45) is 5.92 Å². The number of morpholine rings is 1. The molecule has 4 nitrogen and oxygen atoms in total. The van der Waals surface area contributed by atoms with E-state index >= 15 is 0 Å². The summed E-state index contributed by atoms with van der Waals surface area (Å²) in [6, 6.07) is 8.58. The van der Waals surface area contributed by atoms with Crippen molar-refractivity contribution in [2.45, 2.75) is 32.4 Å². The first-order valence-corrected chi connectivity index (χ1v) is 8.62. The first kappa shape index (κ1) is 16.2. The second kappa shape index (κ2) is 8.27. The van der Waals surface area contributed by atoms with E-state index in [0.717, 1.165) is 57.7 Å². The van der Waals surface area contributed by atoms with Crippen LogP contribution in [0.3, 0.4) is 0 Å². The maximum absolute atomic E-state index is 12.1. The molecule has 0 bridgehead atoms. The zero-order valence-corrected chi connectivity index (χ0v) is 13.7. The molecule has 1 heterocycles. The number of carbonyl (C=O) groups is 1. The molecular formula is C19H26N2O2. The predicted octanol–water partition coefficient (Wildman–Crippen LogP) is 2.49. The van der Waals surface area contributed by atoms with Gasteiger partial charge in [-0.2, -0.15) is 0 Å². The molecule has 1 aliphatic carbocycles. The average Bonchev–Trinajstić information content (AvgIpc) is 2.62. The Kier molecular flexibility index (Phi) is 5.83. The van der Waals surface area contributed by atoms with Gasteiger partial charge >= 0.3 is 0 Å². The molecule has 1 amide bonds. The Morgan fingerprint density at radius 3 is 2.57 bits per heavy atom. The smallest absolute Gasteiger partial charge is 0.223 e. The molecule has 1 aromatic carbocycles. The standard InChI is InChI=1S/C19H26N2O2/c22-19(18-4-2-1-3-5-18)20-14-16-6-8-17(9-7-16)15-21-10-12-23-13-11-21/h1-2,6-9,18H,3-5,10-15H2,(H,20,22). The molecule has 0 spiro atoms. The van der Waals surface area contributed by atoms with E-state index in [1.165, 1.54) is 5.56 Å². The van der Waals surface area contributed by atoms with Crippen LogP contribution < -0.4 is 5.32 Å². The predicted molar refractivity (Wildman–Crippen MR) is 90.9 cm³/mol. The third kappa shape index (κ3) is 4.91. The zero-order chi connectivity index (χ0) is 15.9. The second-order valence-electron chi connectivity index (χ2n) is 6.40. The van der Waals surface area contributed by atoms with Crippen LogP contribution in [0.2, 0.25) is 0 Å². The highest BCUT2D eigenvalue weighted by atomic mass is 16.5. The quantitative estimate of drug-likeness (QED) is 0.849. The molecule has 1 fully saturated rings. The van der Waals surface area contributed by atoms with Crippen molar-refractivity contribution in [3.8, 4) is 0 Å². The average molecular weight is 314 g/mol. The summed E-state index contributed by atoms with van der Waals surface area (Å²) in [5, 5.41) is 3.07. The van der Waals surface area contributed by atoms with E-state index in [-0.39, 0.29) is 11.8 Å². The fourth-order valence-corrected chi connectivity index (χ4v) is 3.15. The number of ether oxygens (including phenoxy) is 1. The molecular weight excluding hydrogens is 288 g/mol. The third-order valence-corrected chi connectivity index (χ3v) is 4.64. The summed E-state index contributed by atoms with van der Waals surface area (Å²) in [5.74, 6) is 0.340. The zero-order valence-electron chi connectivity index (χ0n) is 13.7. The van der Waals surface area contributed by atoms with Gasteiger partial charge in [0.2, 0.25) is 5.91 Å². The minimum Gasteiger partial charge on any atom is -0.379 e. The number of rotatable bonds is 5. The summed E-state index contributed by atoms with van der Waals surface area (Å²) in [4.78, 5) is 14.6. The van der Waals surface area contributed by atoms with Gasteiger partial charge in [0, 0.05) is 32.1 Å². The van der Waals surface area contributed by atoms with Gasteiger partial charge in [0.05, 0.1) is 13.2 Å². The van der Waals surface area contributed by atoms with Crippen LogP contribution in [-0.4, -0.2) is 37.1 Å². The molecule has 1 atom stereocenters. The van der Waals surface area contributed by atoms with Gasteiger partial charge in [-0.3, -0.25) is 9.69 Å². The number of allylic oxidation sites excluding steroid dienone is 2. The van der Waals surface area contributed by atoms with Gasteiger partial charge in [-0.25, -0.2) is 0 Å². The molecule has 124 valence electrons. The van der Waals surface area contributed by atoms with E-state index < -0.39 is 0 Å². The van der Waals surface area contributed by atoms with E-state index in [0.29, 0.717) is 6.54 Å². The first-order chi connectivity index (χ1) is 11.3. The van der Waals surface area contributed by atoms with Gasteiger partial charge in [-0.05, 0) is 30.4 Å². The lowest BCUT2D eigenvalue weighted by Crippen LogP contribution is -2.35. The lowest BCUT2D eigenvalue weighted by molar-refractivity contribution is -0.125. The van der Waals surface area contributed by atoms with Crippen LogP contribution in [-0.2, 0) is 22.6 Å². The molecule has 0 saturated carbocycles. The molecule has 1 aromatic rings. The molecule has 2 aliphatic rings. The van der Waals surface area contributed by atoms with Crippen LogP contribution in [0.5, 0.6) is 0 Å². The summed E-state index contributed by atoms with van der Waals surface area (Å²) in [7, 11) is 0. The lowest BCUT2D eigenvalue weighted by Gasteiger charge is -2.26. The Bertz CT molecular complexity index is 533. The Balaban J connectivity index is 1.45. The van der Waals surface area contributed by atoms with Crippen LogP contribution >= 0.6 is 0 Å². The largest absolute Gasteiger partial charge is 0.379 e. The SMILES string of the molecule is O=C(NCc1ccc(CN2CCOCC2)cc1)C1CC=CCC1. The Morgan fingerprint density at radius 2 is 1.87 bits per heavy atom. The van der Waals surface area contributed by atoms with Crippen LogP contribution in [0.1, 0.15) is 30.4 Å². The summed E-state index contributed by atoms with van der Waals surface area (Å²) in [6.07, 6.45) is 7.16. The van der Waals surface area contributed by atoms with Gasteiger partial charge in [0.1, 0.15) is 0 Å². The summed E-state index contributed by atoms with van der Waals surface area (Å²) < 4.78 is 5.37. The minimum absolute atomic E-state index is 0.153. The van der Waals surface area contributed by atoms with Crippen molar-refractivity contribution in [3.63, 3.8) is 0 Å². The van der Waals surface area contributed by atoms with Crippen molar-refractivity contribution in [1.29, 1.82) is 0 Å². The monoisotopic (exact) mass is 314 g/mol. The Morgan fingerprint density at radius 1 is 1.13 bits per heavy atom. The molecule has 0 radical (unpaired) electrons. The minimum atomic E-state index is 0.153. The van der Waals surface area contributed by atoms with E-state index in [1.54, 1.807) is 0 Å². The maximum Gasteiger partial charge on any atom is 0.223 e. The number of nitrogens with zero attached hydrogens (tertiary/aromatic N) is 1. The van der Waals surface area contributed by atoms with Gasteiger partial charge in [-0.1, -0.05) is 36.4 Å². The van der Waals surface area contributed by atoms with Gasteiger partial charge in [-0.15, -0.1) is 0 Å². The second-order valence-corrected chi connectivity index (χ2v) is 6.40. The van der Waals surface area contributed by atoms with Crippen molar-refractivity contribution in [2.75, 3.05) is 26.3 Å². The molecule has 1 saturated heterocycles. The van der Waals surface area contributed by atoms with Crippen LogP contribution in [0.25, 0.3) is 0 Å². The van der Waals surface area contributed by atoms with E-state index in [2.05, 4.69) is 46.6 Å². The lowest BCUT2D eigenvalue weighted by atomic mass is 9.93.